The normalized spacial score (nSPS) is 23.1. The van der Waals surface area contributed by atoms with Crippen molar-refractivity contribution in [2.75, 3.05) is 13.2 Å². The number of rotatable bonds is 10. The predicted molar refractivity (Wildman–Crippen MR) is 187 cm³/mol. The van der Waals surface area contributed by atoms with Crippen LogP contribution in [0.15, 0.2) is 72.3 Å². The Hall–Kier alpha value is -1.80. The van der Waals surface area contributed by atoms with Crippen LogP contribution in [0.2, 0.25) is 23.2 Å². The van der Waals surface area contributed by atoms with E-state index in [2.05, 4.69) is 135 Å². The quantitative estimate of drug-likeness (QED) is 0.197. The van der Waals surface area contributed by atoms with E-state index in [1.165, 1.54) is 16.8 Å². The molecule has 236 valence electrons. The molecule has 0 saturated heterocycles. The van der Waals surface area contributed by atoms with Gasteiger partial charge in [0.2, 0.25) is 0 Å². The van der Waals surface area contributed by atoms with Crippen molar-refractivity contribution in [3.63, 3.8) is 0 Å². The number of hydrogen-bond acceptors (Lipinski definition) is 3. The van der Waals surface area contributed by atoms with Gasteiger partial charge in [-0.3, -0.25) is 4.79 Å². The number of carbonyl (C=O) groups is 1. The van der Waals surface area contributed by atoms with Gasteiger partial charge >= 0.3 is 0 Å². The van der Waals surface area contributed by atoms with Crippen molar-refractivity contribution in [3.8, 4) is 0 Å². The van der Waals surface area contributed by atoms with Gasteiger partial charge in [0, 0.05) is 25.0 Å². The smallest absolute Gasteiger partial charge is 0.261 e. The molecule has 2 atom stereocenters. The fraction of sp³-hybridized carbons (Fsp3) is 0.605. The standard InChI is InChI=1S/C38H58O3Si2/c1-35(2,3)42(9,10)40-26-17-19-30-27-38(28-33(30)39)25-18-24-37(7,8)34(38)29-41-43(36(4,5)6,31-20-13-11-14-21-31)32-22-15-12-16-23-32/h11-16,20-23,27,34H,17-19,24-26,28-29H2,1-10H3. The third kappa shape index (κ3) is 6.90. The van der Waals surface area contributed by atoms with Crippen LogP contribution in [-0.2, 0) is 13.6 Å². The molecule has 0 bridgehead atoms. The summed E-state index contributed by atoms with van der Waals surface area (Å²) in [5, 5.41) is 2.76. The molecule has 1 spiro atoms. The third-order valence-corrected chi connectivity index (χ3v) is 20.7. The Kier molecular flexibility index (Phi) is 9.94. The van der Waals surface area contributed by atoms with E-state index in [0.29, 0.717) is 18.8 Å². The molecule has 0 N–H and O–H groups in total. The molecule has 5 heteroatoms. The van der Waals surface area contributed by atoms with Crippen molar-refractivity contribution in [2.24, 2.45) is 16.7 Å². The van der Waals surface area contributed by atoms with Gasteiger partial charge in [0.15, 0.2) is 14.1 Å². The molecule has 0 aliphatic heterocycles. The Morgan fingerprint density at radius 1 is 0.814 bits per heavy atom. The minimum atomic E-state index is -2.68. The summed E-state index contributed by atoms with van der Waals surface area (Å²) >= 11 is 0. The maximum Gasteiger partial charge on any atom is 0.261 e. The number of allylic oxidation sites excluding steroid dienone is 2. The molecular formula is C38H58O3Si2. The molecule has 2 aromatic rings. The van der Waals surface area contributed by atoms with Crippen molar-refractivity contribution in [2.45, 2.75) is 117 Å². The number of carbonyl (C=O) groups excluding carboxylic acids is 1. The molecule has 2 aliphatic carbocycles. The van der Waals surface area contributed by atoms with E-state index in [1.54, 1.807) is 0 Å². The Bertz CT molecular complexity index is 1230. The second kappa shape index (κ2) is 12.5. The lowest BCUT2D eigenvalue weighted by Gasteiger charge is -2.52. The van der Waals surface area contributed by atoms with Crippen LogP contribution in [0, 0.1) is 16.7 Å². The van der Waals surface area contributed by atoms with E-state index < -0.39 is 16.6 Å². The molecule has 0 amide bonds. The fourth-order valence-electron chi connectivity index (χ4n) is 7.65. The van der Waals surface area contributed by atoms with Crippen molar-refractivity contribution in [3.05, 3.63) is 72.3 Å². The summed E-state index contributed by atoms with van der Waals surface area (Å²) < 4.78 is 14.0. The number of hydrogen-bond donors (Lipinski definition) is 0. The lowest BCUT2D eigenvalue weighted by molar-refractivity contribution is -0.118. The van der Waals surface area contributed by atoms with E-state index >= 15 is 0 Å². The lowest BCUT2D eigenvalue weighted by Crippen LogP contribution is -2.67. The van der Waals surface area contributed by atoms with Gasteiger partial charge in [-0.15, -0.1) is 0 Å². The largest absolute Gasteiger partial charge is 0.417 e. The highest BCUT2D eigenvalue weighted by Gasteiger charge is 2.55. The highest BCUT2D eigenvalue weighted by Crippen LogP contribution is 2.57. The van der Waals surface area contributed by atoms with E-state index in [4.69, 9.17) is 8.85 Å². The molecule has 1 saturated carbocycles. The minimum Gasteiger partial charge on any atom is -0.417 e. The van der Waals surface area contributed by atoms with Gasteiger partial charge in [-0.2, -0.15) is 0 Å². The zero-order valence-corrected chi connectivity index (χ0v) is 30.8. The zero-order valence-electron chi connectivity index (χ0n) is 28.8. The van der Waals surface area contributed by atoms with Crippen molar-refractivity contribution in [1.82, 2.24) is 0 Å². The Morgan fingerprint density at radius 3 is 1.88 bits per heavy atom. The molecule has 0 aromatic heterocycles. The first-order chi connectivity index (χ1) is 20.0. The van der Waals surface area contributed by atoms with Crippen LogP contribution in [-0.4, -0.2) is 35.6 Å². The maximum atomic E-state index is 13.6. The lowest BCUT2D eigenvalue weighted by atomic mass is 9.56. The highest BCUT2D eigenvalue weighted by atomic mass is 28.4. The summed E-state index contributed by atoms with van der Waals surface area (Å²) in [4.78, 5) is 13.6. The van der Waals surface area contributed by atoms with Crippen LogP contribution < -0.4 is 10.4 Å². The van der Waals surface area contributed by atoms with E-state index in [0.717, 1.165) is 37.9 Å². The number of benzene rings is 2. The molecule has 2 unspecified atom stereocenters. The predicted octanol–water partition coefficient (Wildman–Crippen LogP) is 9.08. The van der Waals surface area contributed by atoms with E-state index in [-0.39, 0.29) is 26.8 Å². The van der Waals surface area contributed by atoms with Gasteiger partial charge < -0.3 is 8.85 Å². The summed E-state index contributed by atoms with van der Waals surface area (Å²) in [5.74, 6) is 0.626. The molecule has 0 heterocycles. The van der Waals surface area contributed by atoms with Gasteiger partial charge in [-0.1, -0.05) is 129 Å². The zero-order chi connectivity index (χ0) is 31.7. The summed E-state index contributed by atoms with van der Waals surface area (Å²) in [5.41, 5.74) is 0.994. The van der Waals surface area contributed by atoms with Gasteiger partial charge in [0.1, 0.15) is 0 Å². The van der Waals surface area contributed by atoms with Crippen LogP contribution >= 0.6 is 0 Å². The monoisotopic (exact) mass is 618 g/mol. The fourth-order valence-corrected chi connectivity index (χ4v) is 13.3. The van der Waals surface area contributed by atoms with Gasteiger partial charge in [0.05, 0.1) is 0 Å². The molecule has 43 heavy (non-hydrogen) atoms. The van der Waals surface area contributed by atoms with Gasteiger partial charge in [-0.05, 0) is 76.1 Å². The van der Waals surface area contributed by atoms with Crippen LogP contribution in [0.1, 0.15) is 93.9 Å². The van der Waals surface area contributed by atoms with E-state index in [9.17, 15) is 4.79 Å². The number of ketones is 1. The molecule has 0 radical (unpaired) electrons. The molecular weight excluding hydrogens is 561 g/mol. The van der Waals surface area contributed by atoms with Crippen LogP contribution in [0.3, 0.4) is 0 Å². The molecule has 1 fully saturated rings. The number of Topliss-reactive ketones (excluding diaryl/α,β-unsaturated/α-hetero) is 1. The van der Waals surface area contributed by atoms with Gasteiger partial charge in [0.25, 0.3) is 8.32 Å². The topological polar surface area (TPSA) is 35.5 Å². The van der Waals surface area contributed by atoms with Crippen molar-refractivity contribution < 1.29 is 13.6 Å². The van der Waals surface area contributed by atoms with Crippen LogP contribution in [0.5, 0.6) is 0 Å². The van der Waals surface area contributed by atoms with Crippen molar-refractivity contribution in [1.29, 1.82) is 0 Å². The maximum absolute atomic E-state index is 13.6. The molecule has 2 aliphatic rings. The summed E-state index contributed by atoms with van der Waals surface area (Å²) in [6, 6.07) is 21.9. The molecule has 2 aromatic carbocycles. The molecule has 3 nitrogen and oxygen atoms in total. The van der Waals surface area contributed by atoms with Crippen molar-refractivity contribution >= 4 is 32.8 Å². The minimum absolute atomic E-state index is 0.0711. The second-order valence-electron chi connectivity index (χ2n) is 16.6. The Labute approximate surface area is 265 Å². The molecule has 4 rings (SSSR count). The Morgan fingerprint density at radius 2 is 1.37 bits per heavy atom. The SMILES string of the molecule is CC1(C)CCCC2(C=C(CCCO[Si](C)(C)C(C)(C)C)C(=O)C2)C1CO[Si](c1ccccc1)(c1ccccc1)C(C)(C)C. The average Bonchev–Trinajstić information content (AvgIpc) is 3.22. The third-order valence-electron chi connectivity index (χ3n) is 11.2. The highest BCUT2D eigenvalue weighted by molar-refractivity contribution is 6.99. The summed E-state index contributed by atoms with van der Waals surface area (Å²) in [6.45, 7) is 24.8. The van der Waals surface area contributed by atoms with Crippen LogP contribution in [0.4, 0.5) is 0 Å². The average molecular weight is 619 g/mol. The first kappa shape index (κ1) is 34.1. The van der Waals surface area contributed by atoms with Crippen LogP contribution in [0.25, 0.3) is 0 Å². The second-order valence-corrected chi connectivity index (χ2v) is 25.7. The Balaban J connectivity index is 1.63. The first-order valence-corrected chi connectivity index (χ1v) is 21.4. The summed E-state index contributed by atoms with van der Waals surface area (Å²) in [7, 11) is -4.46. The summed E-state index contributed by atoms with van der Waals surface area (Å²) in [6.07, 6.45) is 8.17. The van der Waals surface area contributed by atoms with Gasteiger partial charge in [-0.25, -0.2) is 0 Å². The van der Waals surface area contributed by atoms with E-state index in [1.807, 2.05) is 0 Å². The first-order valence-electron chi connectivity index (χ1n) is 16.6.